The Hall–Kier alpha value is -2.30. The van der Waals surface area contributed by atoms with E-state index in [1.54, 1.807) is 18.2 Å². The molecule has 1 aromatic carbocycles. The predicted molar refractivity (Wildman–Crippen MR) is 60.6 cm³/mol. The molecule has 0 saturated carbocycles. The van der Waals surface area contributed by atoms with Crippen LogP contribution in [0.4, 0.5) is 0 Å². The van der Waals surface area contributed by atoms with Gasteiger partial charge in [-0.1, -0.05) is 18.2 Å². The number of benzene rings is 1. The van der Waals surface area contributed by atoms with Gasteiger partial charge >= 0.3 is 0 Å². The monoisotopic (exact) mass is 232 g/mol. The third-order valence-corrected chi connectivity index (χ3v) is 2.77. The Bertz CT molecular complexity index is 510. The lowest BCUT2D eigenvalue weighted by Crippen LogP contribution is -2.32. The van der Waals surface area contributed by atoms with Gasteiger partial charge in [-0.15, -0.1) is 0 Å². The van der Waals surface area contributed by atoms with E-state index in [4.69, 9.17) is 5.73 Å². The van der Waals surface area contributed by atoms with Crippen molar-refractivity contribution in [3.8, 4) is 5.75 Å². The molecule has 0 spiro atoms. The lowest BCUT2D eigenvalue weighted by molar-refractivity contribution is -0.138. The van der Waals surface area contributed by atoms with Crippen LogP contribution in [-0.2, 0) is 16.1 Å². The van der Waals surface area contributed by atoms with Crippen LogP contribution in [0.2, 0.25) is 0 Å². The van der Waals surface area contributed by atoms with Gasteiger partial charge in [0.2, 0.25) is 0 Å². The molecule has 1 aliphatic heterocycles. The summed E-state index contributed by atoms with van der Waals surface area (Å²) in [5, 5.41) is 9.58. The molecule has 88 valence electrons. The van der Waals surface area contributed by atoms with Gasteiger partial charge in [0.1, 0.15) is 11.4 Å². The fourth-order valence-corrected chi connectivity index (χ4v) is 1.67. The molecule has 0 fully saturated rings. The van der Waals surface area contributed by atoms with Gasteiger partial charge in [0.25, 0.3) is 11.8 Å². The summed E-state index contributed by atoms with van der Waals surface area (Å²) in [5.41, 5.74) is 6.24. The van der Waals surface area contributed by atoms with E-state index < -0.39 is 11.8 Å². The van der Waals surface area contributed by atoms with E-state index in [1.807, 2.05) is 0 Å². The van der Waals surface area contributed by atoms with Gasteiger partial charge in [-0.05, 0) is 13.0 Å². The summed E-state index contributed by atoms with van der Waals surface area (Å²) in [4.78, 5) is 24.4. The first-order chi connectivity index (χ1) is 8.02. The molecule has 2 rings (SSSR count). The first kappa shape index (κ1) is 11.2. The Morgan fingerprint density at radius 1 is 1.24 bits per heavy atom. The summed E-state index contributed by atoms with van der Waals surface area (Å²) in [5.74, 6) is -0.859. The zero-order chi connectivity index (χ0) is 12.6. The van der Waals surface area contributed by atoms with Crippen molar-refractivity contribution in [2.24, 2.45) is 5.73 Å². The summed E-state index contributed by atoms with van der Waals surface area (Å²) in [7, 11) is 0. The maximum atomic E-state index is 11.7. The Labute approximate surface area is 98.1 Å². The number of hydrogen-bond donors (Lipinski definition) is 2. The van der Waals surface area contributed by atoms with Crippen LogP contribution >= 0.6 is 0 Å². The molecule has 2 amide bonds. The number of imide groups is 1. The third-order valence-electron chi connectivity index (χ3n) is 2.77. The van der Waals surface area contributed by atoms with Crippen molar-refractivity contribution >= 4 is 11.8 Å². The van der Waals surface area contributed by atoms with Crippen molar-refractivity contribution in [3.05, 3.63) is 41.1 Å². The molecule has 5 heteroatoms. The van der Waals surface area contributed by atoms with Crippen LogP contribution in [0.3, 0.4) is 0 Å². The maximum absolute atomic E-state index is 11.7. The van der Waals surface area contributed by atoms with Crippen LogP contribution in [0.1, 0.15) is 12.5 Å². The summed E-state index contributed by atoms with van der Waals surface area (Å²) in [6.45, 7) is 1.54. The summed E-state index contributed by atoms with van der Waals surface area (Å²) in [6, 6.07) is 6.55. The Balaban J connectivity index is 2.26. The van der Waals surface area contributed by atoms with E-state index in [0.29, 0.717) is 5.56 Å². The fourth-order valence-electron chi connectivity index (χ4n) is 1.67. The molecule has 3 N–H and O–H groups in total. The molecule has 1 heterocycles. The van der Waals surface area contributed by atoms with Gasteiger partial charge in [0, 0.05) is 11.1 Å². The number of carbonyl (C=O) groups excluding carboxylic acids is 2. The van der Waals surface area contributed by atoms with E-state index in [2.05, 4.69) is 0 Å². The van der Waals surface area contributed by atoms with Crippen LogP contribution in [0.5, 0.6) is 5.75 Å². The van der Waals surface area contributed by atoms with E-state index in [1.165, 1.54) is 13.0 Å². The Morgan fingerprint density at radius 2 is 1.88 bits per heavy atom. The largest absolute Gasteiger partial charge is 0.508 e. The topological polar surface area (TPSA) is 83.6 Å². The predicted octanol–water partition coefficient (Wildman–Crippen LogP) is 0.494. The average molecular weight is 232 g/mol. The second kappa shape index (κ2) is 3.93. The molecular formula is C12H12N2O3. The molecule has 1 aromatic rings. The number of amides is 2. The number of carbonyl (C=O) groups is 2. The standard InChI is InChI=1S/C12H12N2O3/c1-7-10(13)12(17)14(11(7)16)6-8-4-2-3-5-9(8)15/h2-5,15H,6,13H2,1H3. The van der Waals surface area contributed by atoms with Crippen molar-refractivity contribution in [2.75, 3.05) is 0 Å². The van der Waals surface area contributed by atoms with Crippen LogP contribution in [0.25, 0.3) is 0 Å². The number of nitrogens with zero attached hydrogens (tertiary/aromatic N) is 1. The van der Waals surface area contributed by atoms with E-state index in [0.717, 1.165) is 4.90 Å². The molecule has 0 saturated heterocycles. The molecule has 0 aliphatic carbocycles. The van der Waals surface area contributed by atoms with Crippen molar-refractivity contribution in [3.63, 3.8) is 0 Å². The first-order valence-electron chi connectivity index (χ1n) is 5.11. The molecule has 0 unspecified atom stereocenters. The second-order valence-corrected chi connectivity index (χ2v) is 3.86. The molecule has 5 nitrogen and oxygen atoms in total. The lowest BCUT2D eigenvalue weighted by atomic mass is 10.2. The van der Waals surface area contributed by atoms with Crippen LogP contribution in [0, 0.1) is 0 Å². The number of phenols is 1. The van der Waals surface area contributed by atoms with Crippen LogP contribution < -0.4 is 5.73 Å². The van der Waals surface area contributed by atoms with Gasteiger partial charge in [-0.3, -0.25) is 14.5 Å². The van der Waals surface area contributed by atoms with Crippen molar-refractivity contribution in [1.29, 1.82) is 0 Å². The minimum Gasteiger partial charge on any atom is -0.508 e. The number of phenolic OH excluding ortho intramolecular Hbond substituents is 1. The minimum absolute atomic E-state index is 0.0228. The number of para-hydroxylation sites is 1. The second-order valence-electron chi connectivity index (χ2n) is 3.86. The zero-order valence-electron chi connectivity index (χ0n) is 9.30. The molecule has 0 aromatic heterocycles. The fraction of sp³-hybridized carbons (Fsp3) is 0.167. The number of nitrogens with two attached hydrogens (primary N) is 1. The van der Waals surface area contributed by atoms with Crippen molar-refractivity contribution in [2.45, 2.75) is 13.5 Å². The highest BCUT2D eigenvalue weighted by atomic mass is 16.3. The van der Waals surface area contributed by atoms with Gasteiger partial charge in [0.05, 0.1) is 6.54 Å². The molecule has 1 aliphatic rings. The quantitative estimate of drug-likeness (QED) is 0.727. The third kappa shape index (κ3) is 1.75. The van der Waals surface area contributed by atoms with E-state index >= 15 is 0 Å². The molecule has 0 radical (unpaired) electrons. The summed E-state index contributed by atoms with van der Waals surface area (Å²) in [6.07, 6.45) is 0. The highest BCUT2D eigenvalue weighted by Crippen LogP contribution is 2.23. The molecular weight excluding hydrogens is 220 g/mol. The smallest absolute Gasteiger partial charge is 0.277 e. The Morgan fingerprint density at radius 3 is 2.41 bits per heavy atom. The molecule has 0 bridgehead atoms. The number of rotatable bonds is 2. The first-order valence-corrected chi connectivity index (χ1v) is 5.11. The average Bonchev–Trinajstić information content (AvgIpc) is 2.50. The number of aromatic hydroxyl groups is 1. The summed E-state index contributed by atoms with van der Waals surface area (Å²) < 4.78 is 0. The normalized spacial score (nSPS) is 15.9. The van der Waals surface area contributed by atoms with Gasteiger partial charge in [-0.25, -0.2) is 0 Å². The summed E-state index contributed by atoms with van der Waals surface area (Å²) >= 11 is 0. The highest BCUT2D eigenvalue weighted by Gasteiger charge is 2.34. The van der Waals surface area contributed by atoms with E-state index in [9.17, 15) is 14.7 Å². The minimum atomic E-state index is -0.504. The highest BCUT2D eigenvalue weighted by molar-refractivity contribution is 6.18. The van der Waals surface area contributed by atoms with Crippen molar-refractivity contribution < 1.29 is 14.7 Å². The lowest BCUT2D eigenvalue weighted by Gasteiger charge is -2.15. The van der Waals surface area contributed by atoms with Crippen molar-refractivity contribution in [1.82, 2.24) is 4.90 Å². The van der Waals surface area contributed by atoms with Crippen LogP contribution in [0.15, 0.2) is 35.5 Å². The SMILES string of the molecule is CC1=C(N)C(=O)N(Cc2ccccc2O)C1=O. The number of hydrogen-bond acceptors (Lipinski definition) is 4. The van der Waals surface area contributed by atoms with Gasteiger partial charge in [-0.2, -0.15) is 0 Å². The van der Waals surface area contributed by atoms with Crippen LogP contribution in [-0.4, -0.2) is 21.8 Å². The molecule has 17 heavy (non-hydrogen) atoms. The van der Waals surface area contributed by atoms with Gasteiger partial charge < -0.3 is 10.8 Å². The van der Waals surface area contributed by atoms with Gasteiger partial charge in [0.15, 0.2) is 0 Å². The maximum Gasteiger partial charge on any atom is 0.277 e. The molecule has 0 atom stereocenters. The zero-order valence-corrected chi connectivity index (χ0v) is 9.30. The Kier molecular flexibility index (Phi) is 2.59. The van der Waals surface area contributed by atoms with E-state index in [-0.39, 0.29) is 23.6 Å².